The van der Waals surface area contributed by atoms with E-state index in [2.05, 4.69) is 5.43 Å². The van der Waals surface area contributed by atoms with Gasteiger partial charge < -0.3 is 24.1 Å². The predicted molar refractivity (Wildman–Crippen MR) is 243 cm³/mol. The number of halogens is 2. The molecule has 2 saturated heterocycles. The van der Waals surface area contributed by atoms with Gasteiger partial charge in [-0.3, -0.25) is 29.5 Å². The summed E-state index contributed by atoms with van der Waals surface area (Å²) in [5.41, 5.74) is 5.50. The summed E-state index contributed by atoms with van der Waals surface area (Å²) in [6, 6.07) is 29.0. The molecule has 3 fully saturated rings. The van der Waals surface area contributed by atoms with Crippen LogP contribution in [0.4, 0.5) is 11.4 Å². The third kappa shape index (κ3) is 6.83. The third-order valence-corrected chi connectivity index (χ3v) is 13.7. The first-order valence-corrected chi connectivity index (χ1v) is 21.4. The minimum atomic E-state index is -1.61. The number of allylic oxidation sites excluding steroid dienone is 2. The van der Waals surface area contributed by atoms with E-state index < -0.39 is 46.8 Å². The summed E-state index contributed by atoms with van der Waals surface area (Å²) in [6.45, 7) is 0. The van der Waals surface area contributed by atoms with Crippen LogP contribution in [0, 0.1) is 23.7 Å². The molecule has 2 aliphatic carbocycles. The van der Waals surface area contributed by atoms with E-state index in [9.17, 15) is 14.7 Å². The van der Waals surface area contributed by atoms with Crippen molar-refractivity contribution in [2.45, 2.75) is 24.2 Å². The largest absolute Gasteiger partial charge is 0.508 e. The quantitative estimate of drug-likeness (QED) is 0.0749. The van der Waals surface area contributed by atoms with E-state index in [0.29, 0.717) is 39.1 Å². The number of aromatic hydroxyl groups is 1. The Kier molecular flexibility index (Phi) is 11.1. The number of methoxy groups -OCH3 is 4. The molecule has 6 atom stereocenters. The lowest BCUT2D eigenvalue weighted by Gasteiger charge is -2.50. The molecule has 5 aromatic carbocycles. The van der Waals surface area contributed by atoms with E-state index in [1.165, 1.54) is 37.3 Å². The van der Waals surface area contributed by atoms with Crippen LogP contribution in [0.25, 0.3) is 12.2 Å². The minimum Gasteiger partial charge on any atom is -0.508 e. The molecule has 9 rings (SSSR count). The molecule has 64 heavy (non-hydrogen) atoms. The first-order valence-electron chi connectivity index (χ1n) is 20.6. The molecule has 1 saturated carbocycles. The Balaban J connectivity index is 1.13. The first-order chi connectivity index (χ1) is 30.9. The third-order valence-electron chi connectivity index (χ3n) is 13.2. The van der Waals surface area contributed by atoms with E-state index >= 15 is 9.59 Å². The monoisotopic (exact) mass is 899 g/mol. The average molecular weight is 901 g/mol. The molecule has 326 valence electrons. The second-order valence-corrected chi connectivity index (χ2v) is 17.0. The number of fused-ring (bicyclic) bond motifs is 4. The number of benzene rings is 5. The molecule has 0 radical (unpaired) electrons. The number of nitrogens with one attached hydrogen (secondary N) is 1. The number of phenolic OH excluding ortho intramolecular Hbond substituents is 1. The van der Waals surface area contributed by atoms with Crippen molar-refractivity contribution in [2.75, 3.05) is 38.8 Å². The van der Waals surface area contributed by atoms with Crippen molar-refractivity contribution in [3.8, 4) is 28.7 Å². The number of phenols is 1. The standard InChI is InChI=1S/C50H43Cl2N3O9/c1-61-33-15-9-29(10-16-33)50-39(47(58)55(49(50)60)53-41-21-11-30(51)24-40(41)52)26-38-35(45(50)36-18-14-32(56)25-43(36)64-4)19-20-37-44(38)48(59)54(46(37)57)31-12-6-27(7-13-31)5-8-28-23-34(62-2)17-22-42(28)63-3/h5-19,21-25,37-39,44-45,53,56H,20,26H2,1-4H3. The molecule has 6 unspecified atom stereocenters. The maximum Gasteiger partial charge on any atom is 0.260 e. The summed E-state index contributed by atoms with van der Waals surface area (Å²) in [4.78, 5) is 61.4. The SMILES string of the molecule is COc1ccc(C23C(=O)N(Nc4ccc(Cl)cc4Cl)C(=O)C2CC2C(=CCC4C(=O)N(c5ccc(C=Cc6cc(OC)ccc6OC)cc5)C(=O)C42)C3c2ccc(O)cc2OC)cc1. The zero-order valence-electron chi connectivity index (χ0n) is 35.2. The van der Waals surface area contributed by atoms with Crippen LogP contribution in [-0.4, -0.2) is 62.2 Å². The second kappa shape index (κ2) is 16.7. The Bertz CT molecular complexity index is 2770. The fourth-order valence-electron chi connectivity index (χ4n) is 10.3. The van der Waals surface area contributed by atoms with Crippen LogP contribution in [0.1, 0.15) is 41.0 Å². The van der Waals surface area contributed by atoms with Crippen molar-refractivity contribution in [3.05, 3.63) is 147 Å². The molecule has 2 heterocycles. The summed E-state index contributed by atoms with van der Waals surface area (Å²) in [7, 11) is 6.20. The minimum absolute atomic E-state index is 0.0658. The number of nitrogens with zero attached hydrogens (tertiary/aromatic N) is 2. The van der Waals surface area contributed by atoms with Crippen LogP contribution in [0.2, 0.25) is 10.0 Å². The van der Waals surface area contributed by atoms with Crippen LogP contribution in [0.5, 0.6) is 28.7 Å². The maximum atomic E-state index is 15.6. The topological polar surface area (TPSA) is 144 Å². The molecule has 2 N–H and O–H groups in total. The van der Waals surface area contributed by atoms with Crippen molar-refractivity contribution in [1.29, 1.82) is 0 Å². The van der Waals surface area contributed by atoms with Crippen LogP contribution in [-0.2, 0) is 24.6 Å². The number of rotatable bonds is 11. The Morgan fingerprint density at radius 3 is 2.12 bits per heavy atom. The van der Waals surface area contributed by atoms with Crippen LogP contribution < -0.4 is 29.3 Å². The molecule has 4 amide bonds. The van der Waals surface area contributed by atoms with Gasteiger partial charge in [0.1, 0.15) is 28.7 Å². The summed E-state index contributed by atoms with van der Waals surface area (Å²) in [5.74, 6) is -3.88. The first kappa shape index (κ1) is 42.5. The van der Waals surface area contributed by atoms with Gasteiger partial charge in [-0.1, -0.05) is 77.3 Å². The van der Waals surface area contributed by atoms with Gasteiger partial charge in [-0.15, -0.1) is 0 Å². The van der Waals surface area contributed by atoms with Crippen molar-refractivity contribution in [1.82, 2.24) is 5.01 Å². The normalized spacial score (nSPS) is 23.7. The lowest BCUT2D eigenvalue weighted by Crippen LogP contribution is -2.53. The van der Waals surface area contributed by atoms with Crippen LogP contribution in [0.3, 0.4) is 0 Å². The lowest BCUT2D eigenvalue weighted by molar-refractivity contribution is -0.138. The molecule has 2 aliphatic heterocycles. The highest BCUT2D eigenvalue weighted by molar-refractivity contribution is 6.36. The molecule has 4 aliphatic rings. The Morgan fingerprint density at radius 2 is 1.44 bits per heavy atom. The molecular weight excluding hydrogens is 857 g/mol. The molecule has 0 bridgehead atoms. The predicted octanol–water partition coefficient (Wildman–Crippen LogP) is 9.09. The lowest BCUT2D eigenvalue weighted by atomic mass is 9.49. The Morgan fingerprint density at radius 1 is 0.719 bits per heavy atom. The van der Waals surface area contributed by atoms with Gasteiger partial charge in [-0.05, 0) is 96.6 Å². The average Bonchev–Trinajstić information content (AvgIpc) is 3.69. The Labute approximate surface area is 379 Å². The zero-order chi connectivity index (χ0) is 45.0. The van der Waals surface area contributed by atoms with Crippen LogP contribution in [0.15, 0.2) is 115 Å². The fourth-order valence-corrected chi connectivity index (χ4v) is 10.7. The molecule has 5 aromatic rings. The second-order valence-electron chi connectivity index (χ2n) is 16.2. The molecular formula is C50H43Cl2N3O9. The number of carbonyl (C=O) groups is 4. The van der Waals surface area contributed by atoms with Crippen molar-refractivity contribution in [3.63, 3.8) is 0 Å². The highest BCUT2D eigenvalue weighted by atomic mass is 35.5. The molecule has 0 aromatic heterocycles. The van der Waals surface area contributed by atoms with Gasteiger partial charge in [-0.2, -0.15) is 5.01 Å². The van der Waals surface area contributed by atoms with Gasteiger partial charge in [0, 0.05) is 28.1 Å². The number of ether oxygens (including phenoxy) is 4. The van der Waals surface area contributed by atoms with E-state index in [0.717, 1.165) is 21.7 Å². The van der Waals surface area contributed by atoms with Gasteiger partial charge in [-0.25, -0.2) is 0 Å². The number of carbonyl (C=O) groups excluding carboxylic acids is 4. The van der Waals surface area contributed by atoms with Gasteiger partial charge >= 0.3 is 0 Å². The highest BCUT2D eigenvalue weighted by Crippen LogP contribution is 2.65. The number of imide groups is 2. The number of anilines is 2. The van der Waals surface area contributed by atoms with Gasteiger partial charge in [0.05, 0.1) is 68.0 Å². The summed E-state index contributed by atoms with van der Waals surface area (Å²) in [6.07, 6.45) is 6.04. The highest BCUT2D eigenvalue weighted by Gasteiger charge is 2.70. The summed E-state index contributed by atoms with van der Waals surface area (Å²) < 4.78 is 22.3. The van der Waals surface area contributed by atoms with E-state index in [1.807, 2.05) is 48.6 Å². The number of hydrogen-bond donors (Lipinski definition) is 2. The summed E-state index contributed by atoms with van der Waals surface area (Å²) >= 11 is 12.8. The van der Waals surface area contributed by atoms with Gasteiger partial charge in [0.25, 0.3) is 11.8 Å². The van der Waals surface area contributed by atoms with E-state index in [4.69, 9.17) is 42.1 Å². The maximum absolute atomic E-state index is 15.6. The molecule has 14 heteroatoms. The fraction of sp³-hybridized carbons (Fsp3) is 0.240. The number of amides is 4. The van der Waals surface area contributed by atoms with Crippen molar-refractivity contribution in [2.24, 2.45) is 23.7 Å². The number of hydrogen-bond acceptors (Lipinski definition) is 10. The zero-order valence-corrected chi connectivity index (χ0v) is 36.7. The van der Waals surface area contributed by atoms with E-state index in [-0.39, 0.29) is 46.9 Å². The van der Waals surface area contributed by atoms with Crippen LogP contribution >= 0.6 is 23.2 Å². The van der Waals surface area contributed by atoms with Gasteiger partial charge in [0.15, 0.2) is 0 Å². The smallest absolute Gasteiger partial charge is 0.260 e. The van der Waals surface area contributed by atoms with Gasteiger partial charge in [0.2, 0.25) is 11.8 Å². The molecule has 12 nitrogen and oxygen atoms in total. The molecule has 0 spiro atoms. The van der Waals surface area contributed by atoms with Crippen molar-refractivity contribution >= 4 is 70.4 Å². The van der Waals surface area contributed by atoms with Crippen molar-refractivity contribution < 1.29 is 43.2 Å². The number of hydrazine groups is 1. The summed E-state index contributed by atoms with van der Waals surface area (Å²) in [5, 5.41) is 12.2. The van der Waals surface area contributed by atoms with E-state index in [1.54, 1.807) is 68.8 Å². The Hall–Kier alpha value is -6.76.